The fraction of sp³-hybridized carbons (Fsp3) is 0.312. The SMILES string of the molecule is O=C(N[C@H](c1cccs1)N1CCOCC1)c1ccccc1. The number of nitrogens with one attached hydrogen (secondary N) is 1. The molecule has 21 heavy (non-hydrogen) atoms. The summed E-state index contributed by atoms with van der Waals surface area (Å²) in [5, 5.41) is 5.19. The van der Waals surface area contributed by atoms with Crippen molar-refractivity contribution in [3.63, 3.8) is 0 Å². The lowest BCUT2D eigenvalue weighted by molar-refractivity contribution is 0.00927. The Kier molecular flexibility index (Phi) is 4.65. The van der Waals surface area contributed by atoms with Crippen molar-refractivity contribution < 1.29 is 9.53 Å². The van der Waals surface area contributed by atoms with E-state index >= 15 is 0 Å². The van der Waals surface area contributed by atoms with Gasteiger partial charge in [0.25, 0.3) is 5.91 Å². The summed E-state index contributed by atoms with van der Waals surface area (Å²) in [6, 6.07) is 13.4. The molecule has 0 aliphatic carbocycles. The van der Waals surface area contributed by atoms with Crippen LogP contribution in [0.25, 0.3) is 0 Å². The third kappa shape index (κ3) is 3.50. The summed E-state index contributed by atoms with van der Waals surface area (Å²) in [4.78, 5) is 15.8. The standard InChI is InChI=1S/C16H18N2O2S/c19-16(13-5-2-1-3-6-13)17-15(14-7-4-12-21-14)18-8-10-20-11-9-18/h1-7,12,15H,8-11H2,(H,17,19)/t15-/m0/s1. The summed E-state index contributed by atoms with van der Waals surface area (Å²) in [5.41, 5.74) is 0.687. The van der Waals surface area contributed by atoms with E-state index in [0.717, 1.165) is 18.0 Å². The molecule has 0 radical (unpaired) electrons. The van der Waals surface area contributed by atoms with E-state index in [4.69, 9.17) is 4.74 Å². The number of hydrogen-bond donors (Lipinski definition) is 1. The summed E-state index contributed by atoms with van der Waals surface area (Å²) in [6.45, 7) is 3.08. The molecule has 1 saturated heterocycles. The molecule has 5 heteroatoms. The highest BCUT2D eigenvalue weighted by Crippen LogP contribution is 2.24. The molecule has 1 aromatic carbocycles. The van der Waals surface area contributed by atoms with E-state index in [1.165, 1.54) is 0 Å². The molecule has 4 nitrogen and oxygen atoms in total. The van der Waals surface area contributed by atoms with Crippen molar-refractivity contribution in [2.24, 2.45) is 0 Å². The van der Waals surface area contributed by atoms with Crippen molar-refractivity contribution in [2.45, 2.75) is 6.17 Å². The lowest BCUT2D eigenvalue weighted by Gasteiger charge is -2.34. The van der Waals surface area contributed by atoms with Crippen LogP contribution in [0.4, 0.5) is 0 Å². The third-order valence-corrected chi connectivity index (χ3v) is 4.45. The summed E-state index contributed by atoms with van der Waals surface area (Å²) >= 11 is 1.66. The predicted octanol–water partition coefficient (Wildman–Crippen LogP) is 2.51. The van der Waals surface area contributed by atoms with Gasteiger partial charge in [0.15, 0.2) is 0 Å². The lowest BCUT2D eigenvalue weighted by Crippen LogP contribution is -2.46. The van der Waals surface area contributed by atoms with Crippen LogP contribution in [0.2, 0.25) is 0 Å². The zero-order chi connectivity index (χ0) is 14.5. The molecule has 1 N–H and O–H groups in total. The van der Waals surface area contributed by atoms with Crippen LogP contribution in [0.1, 0.15) is 21.4 Å². The van der Waals surface area contributed by atoms with Crippen molar-refractivity contribution in [1.82, 2.24) is 10.2 Å². The van der Waals surface area contributed by atoms with Gasteiger partial charge in [-0.2, -0.15) is 0 Å². The van der Waals surface area contributed by atoms with Gasteiger partial charge in [0.05, 0.1) is 13.2 Å². The molecule has 3 rings (SSSR count). The number of rotatable bonds is 4. The van der Waals surface area contributed by atoms with Gasteiger partial charge in [-0.25, -0.2) is 0 Å². The Hall–Kier alpha value is -1.69. The monoisotopic (exact) mass is 302 g/mol. The number of carbonyl (C=O) groups is 1. The van der Waals surface area contributed by atoms with Crippen LogP contribution in [0.5, 0.6) is 0 Å². The quantitative estimate of drug-likeness (QED) is 0.943. The first-order chi connectivity index (χ1) is 10.3. The highest BCUT2D eigenvalue weighted by Gasteiger charge is 2.25. The molecule has 1 atom stereocenters. The maximum absolute atomic E-state index is 12.4. The number of carbonyl (C=O) groups excluding carboxylic acids is 1. The Balaban J connectivity index is 1.77. The van der Waals surface area contributed by atoms with Crippen LogP contribution in [0, 0.1) is 0 Å². The first-order valence-corrected chi connectivity index (χ1v) is 7.93. The molecule has 110 valence electrons. The number of nitrogens with zero attached hydrogens (tertiary/aromatic N) is 1. The molecule has 1 fully saturated rings. The lowest BCUT2D eigenvalue weighted by atomic mass is 10.2. The summed E-state index contributed by atoms with van der Waals surface area (Å²) in [6.07, 6.45) is -0.0818. The van der Waals surface area contributed by atoms with E-state index in [9.17, 15) is 4.79 Å². The normalized spacial score (nSPS) is 17.3. The Labute approximate surface area is 128 Å². The third-order valence-electron chi connectivity index (χ3n) is 3.53. The Morgan fingerprint density at radius 2 is 1.90 bits per heavy atom. The molecule has 1 aromatic heterocycles. The first-order valence-electron chi connectivity index (χ1n) is 7.06. The molecule has 0 unspecified atom stereocenters. The molecule has 0 saturated carbocycles. The number of morpholine rings is 1. The van der Waals surface area contributed by atoms with Crippen LogP contribution in [-0.2, 0) is 4.74 Å². The van der Waals surface area contributed by atoms with Gasteiger partial charge in [-0.05, 0) is 23.6 Å². The highest BCUT2D eigenvalue weighted by atomic mass is 32.1. The zero-order valence-electron chi connectivity index (χ0n) is 11.7. The number of benzene rings is 1. The maximum atomic E-state index is 12.4. The molecule has 2 aromatic rings. The average molecular weight is 302 g/mol. The van der Waals surface area contributed by atoms with Gasteiger partial charge in [0.2, 0.25) is 0 Å². The minimum absolute atomic E-state index is 0.0412. The van der Waals surface area contributed by atoms with Gasteiger partial charge >= 0.3 is 0 Å². The maximum Gasteiger partial charge on any atom is 0.252 e. The predicted molar refractivity (Wildman–Crippen MR) is 83.4 cm³/mol. The average Bonchev–Trinajstić information content (AvgIpc) is 3.08. The molecule has 2 heterocycles. The second-order valence-electron chi connectivity index (χ2n) is 4.91. The van der Waals surface area contributed by atoms with Crippen molar-refractivity contribution >= 4 is 17.2 Å². The summed E-state index contributed by atoms with van der Waals surface area (Å²) in [7, 11) is 0. The Morgan fingerprint density at radius 1 is 1.14 bits per heavy atom. The van der Waals surface area contributed by atoms with E-state index in [1.807, 2.05) is 41.8 Å². The molecule has 1 amide bonds. The van der Waals surface area contributed by atoms with Crippen molar-refractivity contribution in [3.8, 4) is 0 Å². The largest absolute Gasteiger partial charge is 0.379 e. The Bertz CT molecular complexity index is 565. The fourth-order valence-electron chi connectivity index (χ4n) is 2.42. The molecular weight excluding hydrogens is 284 g/mol. The first kappa shape index (κ1) is 14.3. The molecule has 0 bridgehead atoms. The van der Waals surface area contributed by atoms with Crippen LogP contribution in [0.15, 0.2) is 47.8 Å². The second-order valence-corrected chi connectivity index (χ2v) is 5.89. The van der Waals surface area contributed by atoms with Crippen LogP contribution < -0.4 is 5.32 Å². The van der Waals surface area contributed by atoms with Crippen LogP contribution in [0.3, 0.4) is 0 Å². The van der Waals surface area contributed by atoms with Gasteiger partial charge in [-0.15, -0.1) is 11.3 Å². The molecule has 1 aliphatic heterocycles. The van der Waals surface area contributed by atoms with Gasteiger partial charge in [-0.1, -0.05) is 24.3 Å². The van der Waals surface area contributed by atoms with Crippen molar-refractivity contribution in [2.75, 3.05) is 26.3 Å². The molecule has 1 aliphatic rings. The van der Waals surface area contributed by atoms with E-state index in [2.05, 4.69) is 16.3 Å². The van der Waals surface area contributed by atoms with E-state index < -0.39 is 0 Å². The highest BCUT2D eigenvalue weighted by molar-refractivity contribution is 7.10. The van der Waals surface area contributed by atoms with E-state index in [1.54, 1.807) is 11.3 Å². The number of thiophene rings is 1. The van der Waals surface area contributed by atoms with Gasteiger partial charge < -0.3 is 10.1 Å². The van der Waals surface area contributed by atoms with Crippen LogP contribution >= 0.6 is 11.3 Å². The topological polar surface area (TPSA) is 41.6 Å². The fourth-order valence-corrected chi connectivity index (χ4v) is 3.23. The van der Waals surface area contributed by atoms with Gasteiger partial charge in [0, 0.05) is 23.5 Å². The van der Waals surface area contributed by atoms with Crippen molar-refractivity contribution in [1.29, 1.82) is 0 Å². The summed E-state index contributed by atoms with van der Waals surface area (Å²) in [5.74, 6) is -0.0412. The minimum Gasteiger partial charge on any atom is -0.379 e. The summed E-state index contributed by atoms with van der Waals surface area (Å²) < 4.78 is 5.41. The smallest absolute Gasteiger partial charge is 0.252 e. The zero-order valence-corrected chi connectivity index (χ0v) is 12.5. The molecular formula is C16H18N2O2S. The van der Waals surface area contributed by atoms with Crippen LogP contribution in [-0.4, -0.2) is 37.1 Å². The number of ether oxygens (including phenoxy) is 1. The van der Waals surface area contributed by atoms with Gasteiger partial charge in [-0.3, -0.25) is 9.69 Å². The number of amides is 1. The van der Waals surface area contributed by atoms with Gasteiger partial charge in [0.1, 0.15) is 6.17 Å². The Morgan fingerprint density at radius 3 is 2.57 bits per heavy atom. The minimum atomic E-state index is -0.0818. The van der Waals surface area contributed by atoms with E-state index in [-0.39, 0.29) is 12.1 Å². The van der Waals surface area contributed by atoms with Crippen molar-refractivity contribution in [3.05, 3.63) is 58.3 Å². The second kappa shape index (κ2) is 6.85. The number of hydrogen-bond acceptors (Lipinski definition) is 4. The van der Waals surface area contributed by atoms with E-state index in [0.29, 0.717) is 18.8 Å². The molecule has 0 spiro atoms.